The van der Waals surface area contributed by atoms with Crippen LogP contribution in [0.2, 0.25) is 0 Å². The molecule has 0 saturated heterocycles. The Hall–Kier alpha value is -5.59. The van der Waals surface area contributed by atoms with Gasteiger partial charge in [0.25, 0.3) is 0 Å². The van der Waals surface area contributed by atoms with Crippen molar-refractivity contribution in [2.24, 2.45) is 0 Å². The molecule has 3 nitrogen and oxygen atoms in total. The maximum absolute atomic E-state index is 9.86. The van der Waals surface area contributed by atoms with Gasteiger partial charge in [0.15, 0.2) is 0 Å². The van der Waals surface area contributed by atoms with Crippen LogP contribution in [0.25, 0.3) is 66.1 Å². The second-order valence-electron chi connectivity index (χ2n) is 10.1. The smallest absolute Gasteiger partial charge is 0.101 e. The zero-order valence-corrected chi connectivity index (χ0v) is 21.6. The highest BCUT2D eigenvalue weighted by molar-refractivity contribution is 6.17. The van der Waals surface area contributed by atoms with E-state index in [-0.39, 0.29) is 0 Å². The molecule has 0 bridgehead atoms. The van der Waals surface area contributed by atoms with Crippen molar-refractivity contribution >= 4 is 43.6 Å². The van der Waals surface area contributed by atoms with Gasteiger partial charge in [-0.05, 0) is 65.7 Å². The minimum Gasteiger partial charge on any atom is -0.309 e. The van der Waals surface area contributed by atoms with E-state index >= 15 is 0 Å². The second-order valence-corrected chi connectivity index (χ2v) is 10.1. The Morgan fingerprint density at radius 2 is 1.12 bits per heavy atom. The summed E-state index contributed by atoms with van der Waals surface area (Å²) in [5.74, 6) is 0. The van der Waals surface area contributed by atoms with E-state index in [9.17, 15) is 5.26 Å². The van der Waals surface area contributed by atoms with Gasteiger partial charge in [-0.1, -0.05) is 84.9 Å². The number of aromatic nitrogens is 2. The van der Waals surface area contributed by atoms with Crippen LogP contribution in [0.1, 0.15) is 5.56 Å². The summed E-state index contributed by atoms with van der Waals surface area (Å²) in [7, 11) is 0. The Kier molecular flexibility index (Phi) is 4.89. The largest absolute Gasteiger partial charge is 0.309 e. The molecule has 40 heavy (non-hydrogen) atoms. The number of nitriles is 1. The molecular weight excluding hydrogens is 486 g/mol. The van der Waals surface area contributed by atoms with Crippen LogP contribution in [-0.4, -0.2) is 9.13 Å². The summed E-state index contributed by atoms with van der Waals surface area (Å²) in [6, 6.07) is 51.2. The van der Waals surface area contributed by atoms with Crippen molar-refractivity contribution in [1.29, 1.82) is 5.26 Å². The van der Waals surface area contributed by atoms with Gasteiger partial charge in [0.05, 0.1) is 33.3 Å². The zero-order chi connectivity index (χ0) is 26.6. The fourth-order valence-corrected chi connectivity index (χ4v) is 6.28. The van der Waals surface area contributed by atoms with Crippen LogP contribution < -0.4 is 0 Å². The Balaban J connectivity index is 1.44. The Labute approximate surface area is 231 Å². The summed E-state index contributed by atoms with van der Waals surface area (Å²) in [5.41, 5.74) is 9.66. The van der Waals surface area contributed by atoms with E-state index in [1.54, 1.807) is 0 Å². The molecule has 0 radical (unpaired) electrons. The van der Waals surface area contributed by atoms with Gasteiger partial charge in [-0.2, -0.15) is 5.26 Å². The van der Waals surface area contributed by atoms with Gasteiger partial charge in [-0.15, -0.1) is 0 Å². The molecule has 0 atom stereocenters. The summed E-state index contributed by atoms with van der Waals surface area (Å²) >= 11 is 0. The minimum absolute atomic E-state index is 0.660. The van der Waals surface area contributed by atoms with Crippen molar-refractivity contribution in [2.75, 3.05) is 0 Å². The lowest BCUT2D eigenvalue weighted by molar-refractivity contribution is 1.17. The van der Waals surface area contributed by atoms with Crippen molar-refractivity contribution in [2.45, 2.75) is 0 Å². The second kappa shape index (κ2) is 8.73. The number of benzene rings is 6. The molecule has 0 amide bonds. The van der Waals surface area contributed by atoms with E-state index in [1.165, 1.54) is 43.7 Å². The first kappa shape index (κ1) is 22.4. The number of nitrogens with zero attached hydrogens (tertiary/aromatic N) is 3. The van der Waals surface area contributed by atoms with Crippen molar-refractivity contribution < 1.29 is 0 Å². The predicted octanol–water partition coefficient (Wildman–Crippen LogP) is 9.42. The van der Waals surface area contributed by atoms with Crippen LogP contribution in [0.3, 0.4) is 0 Å². The van der Waals surface area contributed by atoms with Gasteiger partial charge in [-0.25, -0.2) is 0 Å². The highest BCUT2D eigenvalue weighted by atomic mass is 15.0. The molecule has 0 unspecified atom stereocenters. The standard InChI is InChI=1S/C37H23N3/c38-24-26-11-4-7-17-32(26)40-33-18-8-5-14-29(33)31-23-25(21-22-35(31)40)28-16-10-20-36-37(28)30-15-6-9-19-34(30)39(36)27-12-2-1-3-13-27/h1-23H. The van der Waals surface area contributed by atoms with Gasteiger partial charge in [0, 0.05) is 27.2 Å². The zero-order valence-electron chi connectivity index (χ0n) is 21.6. The molecule has 3 heteroatoms. The van der Waals surface area contributed by atoms with E-state index in [0.29, 0.717) is 5.56 Å². The van der Waals surface area contributed by atoms with Crippen LogP contribution in [0, 0.1) is 11.3 Å². The molecule has 0 aliphatic rings. The van der Waals surface area contributed by atoms with E-state index in [2.05, 4.69) is 130 Å². The molecule has 0 fully saturated rings. The molecule has 0 N–H and O–H groups in total. The van der Waals surface area contributed by atoms with Gasteiger partial charge in [0.1, 0.15) is 6.07 Å². The lowest BCUT2D eigenvalue weighted by Gasteiger charge is -2.11. The van der Waals surface area contributed by atoms with Crippen LogP contribution in [0.15, 0.2) is 140 Å². The Morgan fingerprint density at radius 3 is 1.95 bits per heavy atom. The molecule has 0 spiro atoms. The molecule has 0 aliphatic heterocycles. The molecule has 2 heterocycles. The normalized spacial score (nSPS) is 11.5. The van der Waals surface area contributed by atoms with Gasteiger partial charge in [0.2, 0.25) is 0 Å². The average Bonchev–Trinajstić information content (AvgIpc) is 3.54. The first-order valence-corrected chi connectivity index (χ1v) is 13.4. The molecular formula is C37H23N3. The van der Waals surface area contributed by atoms with E-state index in [4.69, 9.17) is 0 Å². The predicted molar refractivity (Wildman–Crippen MR) is 165 cm³/mol. The van der Waals surface area contributed by atoms with Crippen LogP contribution in [0.4, 0.5) is 0 Å². The van der Waals surface area contributed by atoms with Gasteiger partial charge in [-0.3, -0.25) is 0 Å². The summed E-state index contributed by atoms with van der Waals surface area (Å²) in [6.07, 6.45) is 0. The molecule has 8 aromatic rings. The van der Waals surface area contributed by atoms with Crippen LogP contribution >= 0.6 is 0 Å². The summed E-state index contributed by atoms with van der Waals surface area (Å²) < 4.78 is 4.58. The van der Waals surface area contributed by atoms with E-state index < -0.39 is 0 Å². The SMILES string of the molecule is N#Cc1ccccc1-n1c2ccccc2c2cc(-c3cccc4c3c3ccccc3n4-c3ccccc3)ccc21. The average molecular weight is 510 g/mol. The number of rotatable bonds is 3. The number of para-hydroxylation sites is 4. The third-order valence-corrected chi connectivity index (χ3v) is 7.96. The van der Waals surface area contributed by atoms with Crippen molar-refractivity contribution in [3.63, 3.8) is 0 Å². The number of hydrogen-bond acceptors (Lipinski definition) is 1. The molecule has 186 valence electrons. The fraction of sp³-hybridized carbons (Fsp3) is 0. The van der Waals surface area contributed by atoms with Crippen molar-refractivity contribution in [1.82, 2.24) is 9.13 Å². The lowest BCUT2D eigenvalue weighted by Crippen LogP contribution is -1.97. The first-order chi connectivity index (χ1) is 19.8. The summed E-state index contributed by atoms with van der Waals surface area (Å²) in [6.45, 7) is 0. The summed E-state index contributed by atoms with van der Waals surface area (Å²) in [5, 5.41) is 14.7. The van der Waals surface area contributed by atoms with Crippen molar-refractivity contribution in [3.05, 3.63) is 145 Å². The quantitative estimate of drug-likeness (QED) is 0.233. The third-order valence-electron chi connectivity index (χ3n) is 7.96. The first-order valence-electron chi connectivity index (χ1n) is 13.4. The number of fused-ring (bicyclic) bond motifs is 6. The Bertz CT molecular complexity index is 2280. The molecule has 2 aromatic heterocycles. The fourth-order valence-electron chi connectivity index (χ4n) is 6.28. The highest BCUT2D eigenvalue weighted by Crippen LogP contribution is 2.41. The van der Waals surface area contributed by atoms with Crippen LogP contribution in [0.5, 0.6) is 0 Å². The molecule has 0 saturated carbocycles. The Morgan fingerprint density at radius 1 is 0.475 bits per heavy atom. The lowest BCUT2D eigenvalue weighted by atomic mass is 9.98. The molecule has 0 aliphatic carbocycles. The number of hydrogen-bond donors (Lipinski definition) is 0. The maximum atomic E-state index is 9.86. The minimum atomic E-state index is 0.660. The molecule has 6 aromatic carbocycles. The third kappa shape index (κ3) is 3.17. The topological polar surface area (TPSA) is 33.6 Å². The van der Waals surface area contributed by atoms with Crippen LogP contribution in [-0.2, 0) is 0 Å². The van der Waals surface area contributed by atoms with E-state index in [0.717, 1.165) is 22.4 Å². The molecule has 8 rings (SSSR count). The van der Waals surface area contributed by atoms with Gasteiger partial charge >= 0.3 is 0 Å². The van der Waals surface area contributed by atoms with Gasteiger partial charge < -0.3 is 9.13 Å². The monoisotopic (exact) mass is 509 g/mol. The summed E-state index contributed by atoms with van der Waals surface area (Å²) in [4.78, 5) is 0. The van der Waals surface area contributed by atoms with Crippen molar-refractivity contribution in [3.8, 4) is 28.6 Å². The maximum Gasteiger partial charge on any atom is 0.101 e. The highest BCUT2D eigenvalue weighted by Gasteiger charge is 2.18. The van der Waals surface area contributed by atoms with E-state index in [1.807, 2.05) is 24.3 Å².